The Labute approximate surface area is 155 Å². The summed E-state index contributed by atoms with van der Waals surface area (Å²) < 4.78 is 6.08. The molecule has 2 atom stereocenters. The molecule has 26 heavy (non-hydrogen) atoms. The van der Waals surface area contributed by atoms with Crippen LogP contribution in [0.1, 0.15) is 64.5 Å². The van der Waals surface area contributed by atoms with E-state index in [0.717, 1.165) is 12.8 Å². The number of ether oxygens (including phenoxy) is 1. The van der Waals surface area contributed by atoms with Gasteiger partial charge >= 0.3 is 5.97 Å². The molecule has 0 amide bonds. The summed E-state index contributed by atoms with van der Waals surface area (Å²) >= 11 is 0. The fraction of sp³-hybridized carbons (Fsp3) is 0.700. The lowest BCUT2D eigenvalue weighted by Crippen LogP contribution is -2.56. The summed E-state index contributed by atoms with van der Waals surface area (Å²) in [6, 6.07) is 2.64. The van der Waals surface area contributed by atoms with Crippen molar-refractivity contribution in [2.24, 2.45) is 11.7 Å². The lowest BCUT2D eigenvalue weighted by atomic mass is 9.84. The van der Waals surface area contributed by atoms with E-state index in [-0.39, 0.29) is 18.4 Å². The van der Waals surface area contributed by atoms with E-state index in [0.29, 0.717) is 17.9 Å². The van der Waals surface area contributed by atoms with Crippen LogP contribution in [0, 0.1) is 5.92 Å². The van der Waals surface area contributed by atoms with Gasteiger partial charge in [0, 0.05) is 30.4 Å². The van der Waals surface area contributed by atoms with Crippen LogP contribution in [0.25, 0.3) is 0 Å². The number of aromatic nitrogens is 1. The van der Waals surface area contributed by atoms with Gasteiger partial charge in [-0.05, 0) is 44.1 Å². The van der Waals surface area contributed by atoms with Crippen molar-refractivity contribution in [3.63, 3.8) is 0 Å². The number of aliphatic hydroxyl groups is 1. The number of hydrogen-bond donors (Lipinski definition) is 3. The Hall–Kier alpha value is -1.66. The minimum absolute atomic E-state index is 0.141. The molecule has 1 saturated carbocycles. The van der Waals surface area contributed by atoms with Gasteiger partial charge in [-0.2, -0.15) is 0 Å². The molecule has 4 N–H and O–H groups in total. The van der Waals surface area contributed by atoms with Crippen LogP contribution in [0.15, 0.2) is 18.3 Å². The maximum Gasteiger partial charge on any atom is 0.337 e. The van der Waals surface area contributed by atoms with E-state index in [1.807, 2.05) is 13.8 Å². The predicted molar refractivity (Wildman–Crippen MR) is 100 cm³/mol. The molecule has 0 radical (unpaired) electrons. The molecule has 1 aromatic rings. The third-order valence-corrected chi connectivity index (χ3v) is 5.05. The summed E-state index contributed by atoms with van der Waals surface area (Å²) in [4.78, 5) is 15.9. The Morgan fingerprint density at radius 1 is 1.35 bits per heavy atom. The maximum absolute atomic E-state index is 11.7. The van der Waals surface area contributed by atoms with Crippen molar-refractivity contribution >= 4 is 5.97 Å². The monoisotopic (exact) mass is 364 g/mol. The number of nitrogens with two attached hydrogens (primary N) is 1. The van der Waals surface area contributed by atoms with Gasteiger partial charge < -0.3 is 20.7 Å². The first-order valence-corrected chi connectivity index (χ1v) is 9.64. The van der Waals surface area contributed by atoms with E-state index in [2.05, 4.69) is 4.98 Å². The van der Waals surface area contributed by atoms with Gasteiger partial charge in [-0.15, -0.1) is 0 Å². The third-order valence-electron chi connectivity index (χ3n) is 5.05. The lowest BCUT2D eigenvalue weighted by molar-refractivity contribution is -0.161. The number of carboxylic acid groups (broad SMARTS) is 1. The first-order chi connectivity index (χ1) is 12.3. The maximum atomic E-state index is 11.7. The zero-order valence-corrected chi connectivity index (χ0v) is 15.9. The van der Waals surface area contributed by atoms with E-state index in [9.17, 15) is 15.0 Å². The molecule has 0 bridgehead atoms. The number of carbonyl (C=O) groups is 1. The fourth-order valence-corrected chi connectivity index (χ4v) is 3.52. The Morgan fingerprint density at radius 2 is 2.00 bits per heavy atom. The number of rotatable bonds is 8. The fourth-order valence-electron chi connectivity index (χ4n) is 3.52. The predicted octanol–water partition coefficient (Wildman–Crippen LogP) is 2.91. The van der Waals surface area contributed by atoms with Crippen LogP contribution in [0.2, 0.25) is 0 Å². The largest absolute Gasteiger partial charge is 0.490 e. The summed E-state index contributed by atoms with van der Waals surface area (Å²) in [6.07, 6.45) is 8.98. The highest BCUT2D eigenvalue weighted by Crippen LogP contribution is 2.25. The third kappa shape index (κ3) is 5.68. The Balaban J connectivity index is 2.10. The van der Waals surface area contributed by atoms with E-state index < -0.39 is 17.6 Å². The van der Waals surface area contributed by atoms with Crippen molar-refractivity contribution in [3.8, 4) is 5.75 Å². The molecule has 0 aliphatic heterocycles. The van der Waals surface area contributed by atoms with E-state index in [1.165, 1.54) is 25.7 Å². The number of nitrogens with zero attached hydrogens (tertiary/aromatic N) is 1. The van der Waals surface area contributed by atoms with Crippen molar-refractivity contribution in [2.75, 3.05) is 0 Å². The SMILES string of the molecule is CC(C)C[C@H](N)[C@](O)(Cc1cc(OC2CCCCCC2)ccn1)C(=O)O. The number of hydrogen-bond acceptors (Lipinski definition) is 5. The molecule has 1 heterocycles. The Morgan fingerprint density at radius 3 is 2.58 bits per heavy atom. The second-order valence-electron chi connectivity index (χ2n) is 7.86. The standard InChI is InChI=1S/C20H32N2O4/c1-14(2)11-18(21)20(25,19(23)24)13-15-12-17(9-10-22-15)26-16-7-5-3-4-6-8-16/h9-10,12,14,16,18,25H,3-8,11,13,21H2,1-2H3,(H,23,24)/t18-,20+/m0/s1. The lowest BCUT2D eigenvalue weighted by Gasteiger charge is -2.30. The summed E-state index contributed by atoms with van der Waals surface area (Å²) in [5.74, 6) is -0.455. The van der Waals surface area contributed by atoms with Gasteiger partial charge in [0.2, 0.25) is 0 Å². The molecule has 146 valence electrons. The van der Waals surface area contributed by atoms with Crippen molar-refractivity contribution in [3.05, 3.63) is 24.0 Å². The minimum atomic E-state index is -2.04. The molecule has 6 heteroatoms. The van der Waals surface area contributed by atoms with E-state index in [4.69, 9.17) is 10.5 Å². The second-order valence-corrected chi connectivity index (χ2v) is 7.86. The molecule has 1 aliphatic rings. The molecule has 1 fully saturated rings. The molecule has 0 saturated heterocycles. The van der Waals surface area contributed by atoms with Crippen LogP contribution in [0.4, 0.5) is 0 Å². The quantitative estimate of drug-likeness (QED) is 0.613. The molecule has 0 aromatic carbocycles. The molecule has 2 rings (SSSR count). The average molecular weight is 364 g/mol. The van der Waals surface area contributed by atoms with Crippen LogP contribution >= 0.6 is 0 Å². The topological polar surface area (TPSA) is 106 Å². The van der Waals surface area contributed by atoms with Crippen LogP contribution in [0.5, 0.6) is 5.75 Å². The summed E-state index contributed by atoms with van der Waals surface area (Å²) in [7, 11) is 0. The highest BCUT2D eigenvalue weighted by atomic mass is 16.5. The molecule has 6 nitrogen and oxygen atoms in total. The zero-order chi connectivity index (χ0) is 19.2. The van der Waals surface area contributed by atoms with Crippen LogP contribution in [0.3, 0.4) is 0 Å². The molecular weight excluding hydrogens is 332 g/mol. The number of aliphatic carboxylic acids is 1. The molecule has 0 spiro atoms. The smallest absolute Gasteiger partial charge is 0.337 e. The van der Waals surface area contributed by atoms with Gasteiger partial charge in [-0.3, -0.25) is 4.98 Å². The van der Waals surface area contributed by atoms with Gasteiger partial charge in [0.25, 0.3) is 0 Å². The van der Waals surface area contributed by atoms with Gasteiger partial charge in [0.1, 0.15) is 5.75 Å². The van der Waals surface area contributed by atoms with Gasteiger partial charge in [0.15, 0.2) is 5.60 Å². The van der Waals surface area contributed by atoms with Crippen molar-refractivity contribution in [1.29, 1.82) is 0 Å². The Kier molecular flexibility index (Phi) is 7.41. The van der Waals surface area contributed by atoms with E-state index >= 15 is 0 Å². The van der Waals surface area contributed by atoms with Gasteiger partial charge in [-0.1, -0.05) is 26.7 Å². The van der Waals surface area contributed by atoms with Gasteiger partial charge in [-0.25, -0.2) is 4.79 Å². The van der Waals surface area contributed by atoms with Crippen molar-refractivity contribution < 1.29 is 19.7 Å². The summed E-state index contributed by atoms with van der Waals surface area (Å²) in [5, 5.41) is 20.3. The summed E-state index contributed by atoms with van der Waals surface area (Å²) in [6.45, 7) is 3.89. The average Bonchev–Trinajstić information content (AvgIpc) is 2.83. The molecule has 1 aromatic heterocycles. The Bertz CT molecular complexity index is 585. The normalized spacial score (nSPS) is 19.6. The van der Waals surface area contributed by atoms with Gasteiger partial charge in [0.05, 0.1) is 6.10 Å². The van der Waals surface area contributed by atoms with Crippen LogP contribution in [-0.2, 0) is 11.2 Å². The molecular formula is C20H32N2O4. The summed E-state index contributed by atoms with van der Waals surface area (Å²) in [5.41, 5.74) is 4.45. The number of pyridine rings is 1. The van der Waals surface area contributed by atoms with Crippen LogP contribution < -0.4 is 10.5 Å². The highest BCUT2D eigenvalue weighted by molar-refractivity contribution is 5.78. The van der Waals surface area contributed by atoms with Crippen LogP contribution in [-0.4, -0.2) is 38.9 Å². The first-order valence-electron chi connectivity index (χ1n) is 9.64. The second kappa shape index (κ2) is 9.33. The zero-order valence-electron chi connectivity index (χ0n) is 15.9. The molecule has 1 aliphatic carbocycles. The molecule has 0 unspecified atom stereocenters. The number of carboxylic acids is 1. The van der Waals surface area contributed by atoms with E-state index in [1.54, 1.807) is 18.3 Å². The highest BCUT2D eigenvalue weighted by Gasteiger charge is 2.43. The minimum Gasteiger partial charge on any atom is -0.490 e. The van der Waals surface area contributed by atoms with Crippen molar-refractivity contribution in [1.82, 2.24) is 4.98 Å². The first kappa shape index (κ1) is 20.6. The van der Waals surface area contributed by atoms with Crippen molar-refractivity contribution in [2.45, 2.75) is 83.0 Å².